The SMILES string of the molecule is COCCCNC(=O)NC1CC(=O)N(C(C)(C)C)C1. The molecule has 0 saturated carbocycles. The quantitative estimate of drug-likeness (QED) is 0.724. The fourth-order valence-corrected chi connectivity index (χ4v) is 2.11. The Morgan fingerprint density at radius 3 is 2.68 bits per heavy atom. The summed E-state index contributed by atoms with van der Waals surface area (Å²) in [4.78, 5) is 25.3. The first-order valence-electron chi connectivity index (χ1n) is 6.68. The summed E-state index contributed by atoms with van der Waals surface area (Å²) in [5, 5.41) is 5.59. The summed E-state index contributed by atoms with van der Waals surface area (Å²) in [6.45, 7) is 7.77. The summed E-state index contributed by atoms with van der Waals surface area (Å²) in [7, 11) is 1.63. The molecule has 6 nitrogen and oxygen atoms in total. The van der Waals surface area contributed by atoms with Crippen molar-refractivity contribution in [3.8, 4) is 0 Å². The first kappa shape index (κ1) is 15.8. The standard InChI is InChI=1S/C13H25N3O3/c1-13(2,3)16-9-10(8-11(16)17)15-12(18)14-6-5-7-19-4/h10H,5-9H2,1-4H3,(H2,14,15,18). The fraction of sp³-hybridized carbons (Fsp3) is 0.846. The minimum Gasteiger partial charge on any atom is -0.385 e. The maximum atomic E-state index is 11.8. The van der Waals surface area contributed by atoms with E-state index in [4.69, 9.17) is 4.74 Å². The molecule has 0 spiro atoms. The molecule has 3 amide bonds. The van der Waals surface area contributed by atoms with E-state index in [0.717, 1.165) is 6.42 Å². The number of carbonyl (C=O) groups excluding carboxylic acids is 2. The summed E-state index contributed by atoms with van der Waals surface area (Å²) in [6.07, 6.45) is 1.16. The lowest BCUT2D eigenvalue weighted by atomic mass is 10.1. The zero-order chi connectivity index (χ0) is 14.5. The van der Waals surface area contributed by atoms with Crippen LogP contribution in [-0.2, 0) is 9.53 Å². The van der Waals surface area contributed by atoms with E-state index >= 15 is 0 Å². The van der Waals surface area contributed by atoms with Gasteiger partial charge in [-0.25, -0.2) is 4.79 Å². The van der Waals surface area contributed by atoms with E-state index in [2.05, 4.69) is 10.6 Å². The summed E-state index contributed by atoms with van der Waals surface area (Å²) < 4.78 is 4.90. The first-order chi connectivity index (χ1) is 8.84. The van der Waals surface area contributed by atoms with E-state index in [0.29, 0.717) is 26.1 Å². The lowest BCUT2D eigenvalue weighted by Crippen LogP contribution is -2.46. The Balaban J connectivity index is 2.31. The van der Waals surface area contributed by atoms with E-state index in [1.54, 1.807) is 7.11 Å². The number of likely N-dealkylation sites (tertiary alicyclic amines) is 1. The molecule has 1 aliphatic heterocycles. The summed E-state index contributed by atoms with van der Waals surface area (Å²) >= 11 is 0. The van der Waals surface area contributed by atoms with Crippen LogP contribution in [0.4, 0.5) is 4.79 Å². The van der Waals surface area contributed by atoms with Gasteiger partial charge in [-0.05, 0) is 27.2 Å². The molecule has 6 heteroatoms. The highest BCUT2D eigenvalue weighted by atomic mass is 16.5. The van der Waals surface area contributed by atoms with Crippen LogP contribution < -0.4 is 10.6 Å². The molecule has 0 aromatic carbocycles. The molecule has 1 rings (SSSR count). The van der Waals surface area contributed by atoms with Crippen LogP contribution in [0.1, 0.15) is 33.6 Å². The molecular weight excluding hydrogens is 246 g/mol. The molecule has 1 atom stereocenters. The highest BCUT2D eigenvalue weighted by molar-refractivity contribution is 5.82. The lowest BCUT2D eigenvalue weighted by molar-refractivity contribution is -0.131. The molecule has 110 valence electrons. The van der Waals surface area contributed by atoms with Crippen molar-refractivity contribution in [1.29, 1.82) is 0 Å². The van der Waals surface area contributed by atoms with Gasteiger partial charge in [-0.2, -0.15) is 0 Å². The molecule has 2 N–H and O–H groups in total. The summed E-state index contributed by atoms with van der Waals surface area (Å²) in [6, 6.07) is -0.321. The molecule has 1 saturated heterocycles. The molecule has 1 fully saturated rings. The van der Waals surface area contributed by atoms with Crippen molar-refractivity contribution >= 4 is 11.9 Å². The minimum atomic E-state index is -0.218. The Morgan fingerprint density at radius 1 is 1.47 bits per heavy atom. The second-order valence-electron chi connectivity index (χ2n) is 5.82. The van der Waals surface area contributed by atoms with Gasteiger partial charge in [0, 0.05) is 38.8 Å². The summed E-state index contributed by atoms with van der Waals surface area (Å²) in [5.74, 6) is 0.0946. The molecule has 1 heterocycles. The second-order valence-corrected chi connectivity index (χ2v) is 5.82. The molecule has 19 heavy (non-hydrogen) atoms. The highest BCUT2D eigenvalue weighted by Gasteiger charge is 2.36. The Labute approximate surface area is 114 Å². The Bertz CT molecular complexity index is 326. The predicted octanol–water partition coefficient (Wildman–Crippen LogP) is 0.722. The molecule has 1 aliphatic rings. The second kappa shape index (κ2) is 6.75. The van der Waals surface area contributed by atoms with Crippen molar-refractivity contribution in [2.75, 3.05) is 26.8 Å². The zero-order valence-electron chi connectivity index (χ0n) is 12.3. The van der Waals surface area contributed by atoms with Crippen LogP contribution in [0.5, 0.6) is 0 Å². The average Bonchev–Trinajstić information content (AvgIpc) is 2.65. The van der Waals surface area contributed by atoms with Crippen molar-refractivity contribution in [3.05, 3.63) is 0 Å². The van der Waals surface area contributed by atoms with Gasteiger partial charge in [-0.1, -0.05) is 0 Å². The number of rotatable bonds is 5. The van der Waals surface area contributed by atoms with Gasteiger partial charge in [-0.3, -0.25) is 4.79 Å². The third-order valence-electron chi connectivity index (χ3n) is 3.08. The van der Waals surface area contributed by atoms with Gasteiger partial charge in [0.2, 0.25) is 5.91 Å². The molecule has 0 aromatic rings. The number of hydrogen-bond acceptors (Lipinski definition) is 3. The van der Waals surface area contributed by atoms with Gasteiger partial charge in [-0.15, -0.1) is 0 Å². The number of ether oxygens (including phenoxy) is 1. The highest BCUT2D eigenvalue weighted by Crippen LogP contribution is 2.21. The van der Waals surface area contributed by atoms with Crippen LogP contribution in [0, 0.1) is 0 Å². The number of amides is 3. The Kier molecular flexibility index (Phi) is 5.60. The van der Waals surface area contributed by atoms with Crippen LogP contribution in [0.3, 0.4) is 0 Å². The maximum Gasteiger partial charge on any atom is 0.315 e. The van der Waals surface area contributed by atoms with Crippen molar-refractivity contribution in [3.63, 3.8) is 0 Å². The maximum absolute atomic E-state index is 11.8. The third kappa shape index (κ3) is 5.06. The van der Waals surface area contributed by atoms with Gasteiger partial charge in [0.25, 0.3) is 0 Å². The van der Waals surface area contributed by atoms with E-state index in [9.17, 15) is 9.59 Å². The third-order valence-corrected chi connectivity index (χ3v) is 3.08. The van der Waals surface area contributed by atoms with Gasteiger partial charge >= 0.3 is 6.03 Å². The van der Waals surface area contributed by atoms with Crippen molar-refractivity contribution in [2.45, 2.75) is 45.2 Å². The molecule has 1 unspecified atom stereocenters. The Hall–Kier alpha value is -1.30. The zero-order valence-corrected chi connectivity index (χ0v) is 12.3. The van der Waals surface area contributed by atoms with E-state index in [1.807, 2.05) is 25.7 Å². The largest absolute Gasteiger partial charge is 0.385 e. The number of urea groups is 1. The van der Waals surface area contributed by atoms with Crippen molar-refractivity contribution in [1.82, 2.24) is 15.5 Å². The normalized spacial score (nSPS) is 19.7. The fourth-order valence-electron chi connectivity index (χ4n) is 2.11. The van der Waals surface area contributed by atoms with E-state index < -0.39 is 0 Å². The van der Waals surface area contributed by atoms with Crippen LogP contribution in [-0.4, -0.2) is 55.2 Å². The number of nitrogens with zero attached hydrogens (tertiary/aromatic N) is 1. The van der Waals surface area contributed by atoms with Crippen molar-refractivity contribution in [2.24, 2.45) is 0 Å². The van der Waals surface area contributed by atoms with Crippen LogP contribution in [0.15, 0.2) is 0 Å². The van der Waals surface area contributed by atoms with Crippen molar-refractivity contribution < 1.29 is 14.3 Å². The Morgan fingerprint density at radius 2 is 2.16 bits per heavy atom. The van der Waals surface area contributed by atoms with E-state index in [-0.39, 0.29) is 23.5 Å². The van der Waals surface area contributed by atoms with Crippen LogP contribution >= 0.6 is 0 Å². The van der Waals surface area contributed by atoms with Crippen LogP contribution in [0.2, 0.25) is 0 Å². The van der Waals surface area contributed by atoms with Gasteiger partial charge < -0.3 is 20.3 Å². The number of carbonyl (C=O) groups is 2. The monoisotopic (exact) mass is 271 g/mol. The topological polar surface area (TPSA) is 70.7 Å². The van der Waals surface area contributed by atoms with Crippen LogP contribution in [0.25, 0.3) is 0 Å². The lowest BCUT2D eigenvalue weighted by Gasteiger charge is -2.32. The average molecular weight is 271 g/mol. The van der Waals surface area contributed by atoms with Gasteiger partial charge in [0.15, 0.2) is 0 Å². The predicted molar refractivity (Wildman–Crippen MR) is 72.9 cm³/mol. The smallest absolute Gasteiger partial charge is 0.315 e. The number of nitrogens with one attached hydrogen (secondary N) is 2. The van der Waals surface area contributed by atoms with E-state index in [1.165, 1.54) is 0 Å². The molecule has 0 bridgehead atoms. The minimum absolute atomic E-state index is 0.0946. The molecule has 0 aromatic heterocycles. The van der Waals surface area contributed by atoms with Gasteiger partial charge in [0.1, 0.15) is 0 Å². The first-order valence-corrected chi connectivity index (χ1v) is 6.68. The summed E-state index contributed by atoms with van der Waals surface area (Å²) in [5.41, 5.74) is -0.192. The van der Waals surface area contributed by atoms with Gasteiger partial charge in [0.05, 0.1) is 6.04 Å². The number of methoxy groups -OCH3 is 1. The number of hydrogen-bond donors (Lipinski definition) is 2. The molecule has 0 aliphatic carbocycles. The molecule has 0 radical (unpaired) electrons. The molecular formula is C13H25N3O3.